The van der Waals surface area contributed by atoms with Gasteiger partial charge < -0.3 is 9.47 Å². The van der Waals surface area contributed by atoms with E-state index in [0.717, 1.165) is 11.1 Å². The number of nitrogens with zero attached hydrogens (tertiary/aromatic N) is 2. The Bertz CT molecular complexity index is 1390. The zero-order valence-corrected chi connectivity index (χ0v) is 19.4. The minimum atomic E-state index is -0.673. The van der Waals surface area contributed by atoms with Gasteiger partial charge in [-0.3, -0.25) is 9.36 Å². The molecule has 2 aromatic carbocycles. The van der Waals surface area contributed by atoms with Crippen LogP contribution in [0.2, 0.25) is 5.02 Å². The fourth-order valence-corrected chi connectivity index (χ4v) is 4.80. The summed E-state index contributed by atoms with van der Waals surface area (Å²) in [6.07, 6.45) is 1.80. The zero-order chi connectivity index (χ0) is 22.8. The molecular weight excluding hydrogens is 448 g/mol. The molecule has 1 aliphatic rings. The van der Waals surface area contributed by atoms with Crippen LogP contribution in [0.25, 0.3) is 6.08 Å². The minimum Gasteiger partial charge on any atom is -0.497 e. The number of ether oxygens (including phenoxy) is 2. The molecule has 0 spiro atoms. The Kier molecular flexibility index (Phi) is 6.30. The number of methoxy groups -OCH3 is 1. The van der Waals surface area contributed by atoms with Crippen LogP contribution in [0.4, 0.5) is 0 Å². The molecule has 4 rings (SSSR count). The smallest absolute Gasteiger partial charge is 0.338 e. The lowest BCUT2D eigenvalue weighted by Crippen LogP contribution is -2.39. The molecule has 1 atom stereocenters. The van der Waals surface area contributed by atoms with Gasteiger partial charge in [-0.2, -0.15) is 0 Å². The summed E-state index contributed by atoms with van der Waals surface area (Å²) in [7, 11) is 1.57. The first-order chi connectivity index (χ1) is 15.4. The maximum absolute atomic E-state index is 13.5. The summed E-state index contributed by atoms with van der Waals surface area (Å²) in [4.78, 5) is 31.5. The Labute approximate surface area is 193 Å². The van der Waals surface area contributed by atoms with Gasteiger partial charge >= 0.3 is 5.97 Å². The van der Waals surface area contributed by atoms with E-state index in [0.29, 0.717) is 31.4 Å². The van der Waals surface area contributed by atoms with E-state index >= 15 is 0 Å². The number of hydrogen-bond acceptors (Lipinski definition) is 6. The molecule has 1 unspecified atom stereocenters. The SMILES string of the molecule is CCOC(=O)C1=C(C)N=c2sc(=Cc3ccc(Cl)cc3)c(=O)n2C1c1cccc(OC)c1. The number of benzene rings is 2. The quantitative estimate of drug-likeness (QED) is 0.538. The van der Waals surface area contributed by atoms with E-state index in [1.165, 1.54) is 11.3 Å². The number of hydrogen-bond donors (Lipinski definition) is 0. The monoisotopic (exact) mass is 468 g/mol. The first-order valence-electron chi connectivity index (χ1n) is 10.0. The third kappa shape index (κ3) is 4.13. The lowest BCUT2D eigenvalue weighted by molar-refractivity contribution is -0.139. The van der Waals surface area contributed by atoms with Crippen LogP contribution >= 0.6 is 22.9 Å². The maximum atomic E-state index is 13.5. The van der Waals surface area contributed by atoms with Crippen molar-refractivity contribution >= 4 is 35.0 Å². The van der Waals surface area contributed by atoms with Gasteiger partial charge in [-0.05, 0) is 55.3 Å². The highest BCUT2D eigenvalue weighted by Gasteiger charge is 2.33. The van der Waals surface area contributed by atoms with E-state index in [9.17, 15) is 9.59 Å². The highest BCUT2D eigenvalue weighted by Crippen LogP contribution is 2.32. The second-order valence-electron chi connectivity index (χ2n) is 7.13. The molecular formula is C24H21ClN2O4S. The largest absolute Gasteiger partial charge is 0.497 e. The molecule has 8 heteroatoms. The number of halogens is 1. The molecule has 32 heavy (non-hydrogen) atoms. The molecule has 0 bridgehead atoms. The number of esters is 1. The van der Waals surface area contributed by atoms with Crippen LogP contribution in [0.1, 0.15) is 31.0 Å². The average Bonchev–Trinajstić information content (AvgIpc) is 3.09. The van der Waals surface area contributed by atoms with Crippen LogP contribution in [0.15, 0.2) is 69.6 Å². The van der Waals surface area contributed by atoms with Crippen molar-refractivity contribution in [3.63, 3.8) is 0 Å². The molecule has 164 valence electrons. The molecule has 0 amide bonds. The van der Waals surface area contributed by atoms with Crippen LogP contribution in [0.3, 0.4) is 0 Å². The van der Waals surface area contributed by atoms with Crippen molar-refractivity contribution in [3.05, 3.63) is 95.6 Å². The predicted molar refractivity (Wildman–Crippen MR) is 125 cm³/mol. The summed E-state index contributed by atoms with van der Waals surface area (Å²) in [6.45, 7) is 3.73. The number of fused-ring (bicyclic) bond motifs is 1. The van der Waals surface area contributed by atoms with Gasteiger partial charge in [-0.15, -0.1) is 0 Å². The van der Waals surface area contributed by atoms with Crippen molar-refractivity contribution in [2.45, 2.75) is 19.9 Å². The number of carbonyl (C=O) groups is 1. The molecule has 1 aliphatic heterocycles. The van der Waals surface area contributed by atoms with E-state index in [2.05, 4.69) is 4.99 Å². The number of thiazole rings is 1. The van der Waals surface area contributed by atoms with Gasteiger partial charge in [-0.25, -0.2) is 9.79 Å². The lowest BCUT2D eigenvalue weighted by Gasteiger charge is -2.25. The molecule has 3 aromatic rings. The zero-order valence-electron chi connectivity index (χ0n) is 17.8. The highest BCUT2D eigenvalue weighted by molar-refractivity contribution is 7.07. The van der Waals surface area contributed by atoms with Crippen LogP contribution in [-0.4, -0.2) is 24.3 Å². The van der Waals surface area contributed by atoms with Gasteiger partial charge in [0.1, 0.15) is 5.75 Å². The van der Waals surface area contributed by atoms with Crippen LogP contribution < -0.4 is 19.6 Å². The van der Waals surface area contributed by atoms with Crippen molar-refractivity contribution in [1.29, 1.82) is 0 Å². The van der Waals surface area contributed by atoms with Crippen LogP contribution in [0.5, 0.6) is 5.75 Å². The van der Waals surface area contributed by atoms with E-state index in [1.807, 2.05) is 36.4 Å². The third-order valence-corrected chi connectivity index (χ3v) is 6.33. The molecule has 6 nitrogen and oxygen atoms in total. The molecule has 0 radical (unpaired) electrons. The summed E-state index contributed by atoms with van der Waals surface area (Å²) in [5.41, 5.74) is 2.21. The average molecular weight is 469 g/mol. The molecule has 0 saturated carbocycles. The molecule has 1 aromatic heterocycles. The van der Waals surface area contributed by atoms with Crippen molar-refractivity contribution in [2.24, 2.45) is 4.99 Å². The summed E-state index contributed by atoms with van der Waals surface area (Å²) in [6, 6.07) is 13.9. The molecule has 0 aliphatic carbocycles. The van der Waals surface area contributed by atoms with Gasteiger partial charge in [0.15, 0.2) is 4.80 Å². The maximum Gasteiger partial charge on any atom is 0.338 e. The van der Waals surface area contributed by atoms with Gasteiger partial charge in [0.2, 0.25) is 0 Å². The van der Waals surface area contributed by atoms with Gasteiger partial charge in [-0.1, -0.05) is 47.2 Å². The van der Waals surface area contributed by atoms with E-state index in [1.54, 1.807) is 43.7 Å². The minimum absolute atomic E-state index is 0.224. The highest BCUT2D eigenvalue weighted by atomic mass is 35.5. The molecule has 0 saturated heterocycles. The molecule has 2 heterocycles. The second-order valence-corrected chi connectivity index (χ2v) is 8.58. The number of rotatable bonds is 5. The van der Waals surface area contributed by atoms with Crippen molar-refractivity contribution < 1.29 is 14.3 Å². The number of aromatic nitrogens is 1. The van der Waals surface area contributed by atoms with Crippen molar-refractivity contribution in [1.82, 2.24) is 4.57 Å². The van der Waals surface area contributed by atoms with Crippen LogP contribution in [0, 0.1) is 0 Å². The topological polar surface area (TPSA) is 69.9 Å². The first kappa shape index (κ1) is 22.0. The Balaban J connectivity index is 1.96. The fourth-order valence-electron chi connectivity index (χ4n) is 3.63. The number of allylic oxidation sites excluding steroid dienone is 1. The molecule has 0 N–H and O–H groups in total. The fraction of sp³-hybridized carbons (Fsp3) is 0.208. The van der Waals surface area contributed by atoms with E-state index in [-0.39, 0.29) is 12.2 Å². The van der Waals surface area contributed by atoms with E-state index in [4.69, 9.17) is 21.1 Å². The Hall–Kier alpha value is -3.16. The van der Waals surface area contributed by atoms with Gasteiger partial charge in [0.05, 0.1) is 35.6 Å². The Morgan fingerprint density at radius 3 is 2.69 bits per heavy atom. The van der Waals surface area contributed by atoms with Crippen molar-refractivity contribution in [3.8, 4) is 5.75 Å². The van der Waals surface area contributed by atoms with Crippen LogP contribution in [-0.2, 0) is 9.53 Å². The van der Waals surface area contributed by atoms with E-state index < -0.39 is 12.0 Å². The van der Waals surface area contributed by atoms with Gasteiger partial charge in [0.25, 0.3) is 5.56 Å². The Morgan fingerprint density at radius 2 is 2.00 bits per heavy atom. The Morgan fingerprint density at radius 1 is 1.25 bits per heavy atom. The number of carbonyl (C=O) groups excluding carboxylic acids is 1. The summed E-state index contributed by atoms with van der Waals surface area (Å²) in [5.74, 6) is 0.136. The van der Waals surface area contributed by atoms with Gasteiger partial charge in [0, 0.05) is 5.02 Å². The molecule has 0 fully saturated rings. The summed E-state index contributed by atoms with van der Waals surface area (Å²) in [5, 5.41) is 0.622. The standard InChI is InChI=1S/C24H21ClN2O4S/c1-4-31-23(29)20-14(2)26-24-27(21(20)16-6-5-7-18(13-16)30-3)22(28)19(32-24)12-15-8-10-17(25)11-9-15/h5-13,21H,4H2,1-3H3. The summed E-state index contributed by atoms with van der Waals surface area (Å²) >= 11 is 7.25. The normalized spacial score (nSPS) is 15.9. The van der Waals surface area contributed by atoms with Crippen molar-refractivity contribution in [2.75, 3.05) is 13.7 Å². The summed E-state index contributed by atoms with van der Waals surface area (Å²) < 4.78 is 12.7. The first-order valence-corrected chi connectivity index (χ1v) is 11.2. The second kappa shape index (κ2) is 9.14. The predicted octanol–water partition coefficient (Wildman–Crippen LogP) is 3.46. The third-order valence-electron chi connectivity index (χ3n) is 5.09. The lowest BCUT2D eigenvalue weighted by atomic mass is 9.95.